The molecule has 0 atom stereocenters. The molecule has 0 aliphatic carbocycles. The summed E-state index contributed by atoms with van der Waals surface area (Å²) < 4.78 is 9.29. The Balaban J connectivity index is 1.64. The van der Waals surface area contributed by atoms with Crippen molar-refractivity contribution < 1.29 is 4.42 Å². The summed E-state index contributed by atoms with van der Waals surface area (Å²) in [5.74, 6) is 1.25. The van der Waals surface area contributed by atoms with Crippen molar-refractivity contribution in [2.24, 2.45) is 0 Å². The molecule has 0 unspecified atom stereocenters. The molecule has 0 spiro atoms. The number of hydrogen-bond acceptors (Lipinski definition) is 5. The van der Waals surface area contributed by atoms with Crippen LogP contribution in [0.1, 0.15) is 17.1 Å². The lowest BCUT2D eigenvalue weighted by Crippen LogP contribution is -2.43. The van der Waals surface area contributed by atoms with Crippen molar-refractivity contribution in [3.63, 3.8) is 0 Å². The minimum atomic E-state index is 0.574. The number of piperazine rings is 1. The van der Waals surface area contributed by atoms with Gasteiger partial charge in [0.05, 0.1) is 6.54 Å². The van der Waals surface area contributed by atoms with Crippen LogP contribution >= 0.6 is 15.9 Å². The normalized spacial score (nSPS) is 16.1. The molecule has 0 bridgehead atoms. The largest absolute Gasteiger partial charge is 0.418 e. The first-order chi connectivity index (χ1) is 13.0. The average Bonchev–Trinajstić information content (AvgIpc) is 3.20. The Morgan fingerprint density at radius 3 is 2.59 bits per heavy atom. The van der Waals surface area contributed by atoms with E-state index in [1.54, 1.807) is 0 Å². The fraction of sp³-hybridized carbons (Fsp3) is 0.400. The number of rotatable bonds is 4. The summed E-state index contributed by atoms with van der Waals surface area (Å²) in [5, 5.41) is 8.68. The SMILES string of the molecule is Cc1cc(C)n(-c2cccc(Br)c2)c1-c1nnc(CN2CCN(C)CC2)o1. The highest BCUT2D eigenvalue weighted by Gasteiger charge is 2.21. The highest BCUT2D eigenvalue weighted by molar-refractivity contribution is 9.10. The predicted molar refractivity (Wildman–Crippen MR) is 109 cm³/mol. The molecule has 142 valence electrons. The zero-order valence-corrected chi connectivity index (χ0v) is 17.5. The van der Waals surface area contributed by atoms with Gasteiger partial charge < -0.3 is 13.9 Å². The maximum absolute atomic E-state index is 6.08. The van der Waals surface area contributed by atoms with Crippen LogP contribution < -0.4 is 0 Å². The molecule has 7 heteroatoms. The molecule has 0 amide bonds. The van der Waals surface area contributed by atoms with Gasteiger partial charge in [-0.3, -0.25) is 4.90 Å². The molecule has 1 aromatic carbocycles. The molecule has 1 aliphatic heterocycles. The van der Waals surface area contributed by atoms with E-state index in [-0.39, 0.29) is 0 Å². The molecule has 1 saturated heterocycles. The van der Waals surface area contributed by atoms with Gasteiger partial charge in [-0.15, -0.1) is 10.2 Å². The first kappa shape index (κ1) is 18.4. The fourth-order valence-electron chi connectivity index (χ4n) is 3.62. The Labute approximate surface area is 167 Å². The number of hydrogen-bond donors (Lipinski definition) is 0. The third-order valence-electron chi connectivity index (χ3n) is 5.07. The van der Waals surface area contributed by atoms with Crippen LogP contribution in [0, 0.1) is 13.8 Å². The zero-order chi connectivity index (χ0) is 19.0. The summed E-state index contributed by atoms with van der Waals surface area (Å²) in [6.45, 7) is 9.09. The van der Waals surface area contributed by atoms with Gasteiger partial charge in [0.25, 0.3) is 5.89 Å². The van der Waals surface area contributed by atoms with Gasteiger partial charge in [0.15, 0.2) is 0 Å². The standard InChI is InChI=1S/C20H24BrN5O/c1-14-11-15(2)26(17-6-4-5-16(21)12-17)19(14)20-23-22-18(27-20)13-25-9-7-24(3)8-10-25/h4-6,11-12H,7-10,13H2,1-3H3. The van der Waals surface area contributed by atoms with Crippen LogP contribution in [0.2, 0.25) is 0 Å². The molecule has 1 aliphatic rings. The summed E-state index contributed by atoms with van der Waals surface area (Å²) in [6, 6.07) is 10.4. The minimum Gasteiger partial charge on any atom is -0.418 e. The molecule has 2 aromatic heterocycles. The van der Waals surface area contributed by atoms with Gasteiger partial charge in [0, 0.05) is 42.0 Å². The van der Waals surface area contributed by atoms with Crippen LogP contribution in [0.15, 0.2) is 39.2 Å². The molecule has 27 heavy (non-hydrogen) atoms. The molecular weight excluding hydrogens is 406 g/mol. The second-order valence-corrected chi connectivity index (χ2v) is 8.13. The second kappa shape index (κ2) is 7.58. The lowest BCUT2D eigenvalue weighted by atomic mass is 10.2. The maximum Gasteiger partial charge on any atom is 0.264 e. The maximum atomic E-state index is 6.08. The zero-order valence-electron chi connectivity index (χ0n) is 15.9. The molecule has 3 aromatic rings. The predicted octanol–water partition coefficient (Wildman–Crippen LogP) is 3.65. The van der Waals surface area contributed by atoms with Crippen LogP contribution in [0.25, 0.3) is 17.3 Å². The molecule has 0 saturated carbocycles. The molecule has 3 heterocycles. The van der Waals surface area contributed by atoms with Crippen molar-refractivity contribution in [3.05, 3.63) is 52.0 Å². The lowest BCUT2D eigenvalue weighted by molar-refractivity contribution is 0.138. The van der Waals surface area contributed by atoms with Crippen molar-refractivity contribution in [3.8, 4) is 17.3 Å². The number of likely N-dealkylation sites (N-methyl/N-ethyl adjacent to an activating group) is 1. The third kappa shape index (κ3) is 3.85. The fourth-order valence-corrected chi connectivity index (χ4v) is 4.01. The summed E-state index contributed by atoms with van der Waals surface area (Å²) in [5.41, 5.74) is 4.30. The Kier molecular flexibility index (Phi) is 5.16. The number of aromatic nitrogens is 3. The van der Waals surface area contributed by atoms with Gasteiger partial charge >= 0.3 is 0 Å². The van der Waals surface area contributed by atoms with Gasteiger partial charge in [-0.1, -0.05) is 22.0 Å². The summed E-state index contributed by atoms with van der Waals surface area (Å²) in [7, 11) is 2.16. The molecule has 0 radical (unpaired) electrons. The van der Waals surface area contributed by atoms with E-state index in [4.69, 9.17) is 4.42 Å². The molecule has 6 nitrogen and oxygen atoms in total. The van der Waals surface area contributed by atoms with E-state index < -0.39 is 0 Å². The molecular formula is C20H24BrN5O. The quantitative estimate of drug-likeness (QED) is 0.633. The number of nitrogens with zero attached hydrogens (tertiary/aromatic N) is 5. The van der Waals surface area contributed by atoms with Crippen LogP contribution in [-0.2, 0) is 6.54 Å². The highest BCUT2D eigenvalue weighted by atomic mass is 79.9. The van der Waals surface area contributed by atoms with Gasteiger partial charge in [-0.2, -0.15) is 0 Å². The van der Waals surface area contributed by atoms with Crippen molar-refractivity contribution in [2.45, 2.75) is 20.4 Å². The molecule has 0 N–H and O–H groups in total. The third-order valence-corrected chi connectivity index (χ3v) is 5.56. The van der Waals surface area contributed by atoms with Crippen molar-refractivity contribution in [2.75, 3.05) is 33.2 Å². The van der Waals surface area contributed by atoms with Gasteiger partial charge in [0.2, 0.25) is 5.89 Å². The monoisotopic (exact) mass is 429 g/mol. The summed E-state index contributed by atoms with van der Waals surface area (Å²) in [4.78, 5) is 4.70. The van der Waals surface area contributed by atoms with Crippen molar-refractivity contribution >= 4 is 15.9 Å². The van der Waals surface area contributed by atoms with E-state index in [1.165, 1.54) is 0 Å². The number of benzene rings is 1. The first-order valence-corrected chi connectivity index (χ1v) is 9.99. The molecule has 1 fully saturated rings. The highest BCUT2D eigenvalue weighted by Crippen LogP contribution is 2.30. The van der Waals surface area contributed by atoms with E-state index in [0.29, 0.717) is 18.3 Å². The summed E-state index contributed by atoms with van der Waals surface area (Å²) >= 11 is 3.56. The van der Waals surface area contributed by atoms with Crippen LogP contribution in [-0.4, -0.2) is 57.8 Å². The van der Waals surface area contributed by atoms with Crippen molar-refractivity contribution in [1.29, 1.82) is 0 Å². The average molecular weight is 430 g/mol. The smallest absolute Gasteiger partial charge is 0.264 e. The Morgan fingerprint density at radius 2 is 1.85 bits per heavy atom. The Bertz CT molecular complexity index is 940. The molecule has 4 rings (SSSR count). The Hall–Kier alpha value is -1.96. The number of aryl methyl sites for hydroxylation is 2. The lowest BCUT2D eigenvalue weighted by Gasteiger charge is -2.31. The van der Waals surface area contributed by atoms with Gasteiger partial charge in [0.1, 0.15) is 5.69 Å². The number of halogens is 1. The second-order valence-electron chi connectivity index (χ2n) is 7.21. The van der Waals surface area contributed by atoms with Crippen LogP contribution in [0.5, 0.6) is 0 Å². The van der Waals surface area contributed by atoms with E-state index in [2.05, 4.69) is 79.6 Å². The van der Waals surface area contributed by atoms with Gasteiger partial charge in [-0.05, 0) is 50.7 Å². The Morgan fingerprint density at radius 1 is 1.07 bits per heavy atom. The van der Waals surface area contributed by atoms with E-state index >= 15 is 0 Å². The first-order valence-electron chi connectivity index (χ1n) is 9.20. The van der Waals surface area contributed by atoms with E-state index in [0.717, 1.165) is 53.3 Å². The van der Waals surface area contributed by atoms with Crippen LogP contribution in [0.3, 0.4) is 0 Å². The van der Waals surface area contributed by atoms with E-state index in [9.17, 15) is 0 Å². The summed E-state index contributed by atoms with van der Waals surface area (Å²) in [6.07, 6.45) is 0. The minimum absolute atomic E-state index is 0.574. The van der Waals surface area contributed by atoms with E-state index in [1.807, 2.05) is 12.1 Å². The van der Waals surface area contributed by atoms with Gasteiger partial charge in [-0.25, -0.2) is 0 Å². The van der Waals surface area contributed by atoms with Crippen LogP contribution in [0.4, 0.5) is 0 Å². The van der Waals surface area contributed by atoms with Crippen molar-refractivity contribution in [1.82, 2.24) is 24.6 Å². The topological polar surface area (TPSA) is 50.3 Å².